The molecule has 4 N–H and O–H groups in total. The van der Waals surface area contributed by atoms with Gasteiger partial charge in [0.1, 0.15) is 5.69 Å². The highest BCUT2D eigenvalue weighted by molar-refractivity contribution is 6.34. The molecule has 0 aliphatic carbocycles. The molecule has 0 aliphatic rings. The number of aromatic nitrogens is 2. The zero-order chi connectivity index (χ0) is 23.6. The number of amides is 3. The Morgan fingerprint density at radius 2 is 1.78 bits per heavy atom. The standard InChI is InChI=1S/C20H15ClF3N5O3/c1-29(19(32)16-15(17(25)30)26-9-27-16)12-5-3-11(4-6-12)28-18(31)13-8-10(20(22,23)24)2-7-14(13)21/h2-9H,1H3,(H2,25,30)(H,26,27)(H,28,31). The first kappa shape index (κ1) is 22.8. The van der Waals surface area contributed by atoms with Gasteiger partial charge in [0.2, 0.25) is 0 Å². The van der Waals surface area contributed by atoms with Gasteiger partial charge in [-0.2, -0.15) is 13.2 Å². The molecule has 3 amide bonds. The van der Waals surface area contributed by atoms with E-state index in [2.05, 4.69) is 15.3 Å². The van der Waals surface area contributed by atoms with Crippen molar-refractivity contribution in [3.8, 4) is 0 Å². The van der Waals surface area contributed by atoms with E-state index in [1.807, 2.05) is 0 Å². The minimum absolute atomic E-state index is 0.0865. The third-order valence-corrected chi connectivity index (χ3v) is 4.77. The molecule has 2 aromatic carbocycles. The quantitative estimate of drug-likeness (QED) is 0.531. The van der Waals surface area contributed by atoms with Crippen LogP contribution in [0.5, 0.6) is 0 Å². The highest BCUT2D eigenvalue weighted by Gasteiger charge is 2.31. The van der Waals surface area contributed by atoms with E-state index in [1.165, 1.54) is 42.5 Å². The minimum Gasteiger partial charge on any atom is -0.364 e. The number of benzene rings is 2. The average molecular weight is 466 g/mol. The molecule has 8 nitrogen and oxygen atoms in total. The van der Waals surface area contributed by atoms with Crippen molar-refractivity contribution in [2.24, 2.45) is 5.73 Å². The van der Waals surface area contributed by atoms with Crippen LogP contribution in [-0.4, -0.2) is 34.7 Å². The molecule has 0 bridgehead atoms. The van der Waals surface area contributed by atoms with Gasteiger partial charge in [0.25, 0.3) is 17.7 Å². The third kappa shape index (κ3) is 4.72. The Labute approximate surface area is 184 Å². The van der Waals surface area contributed by atoms with Crippen LogP contribution in [0.4, 0.5) is 24.5 Å². The Morgan fingerprint density at radius 1 is 1.12 bits per heavy atom. The molecule has 0 unspecified atom stereocenters. The molecule has 0 saturated carbocycles. The third-order valence-electron chi connectivity index (χ3n) is 4.44. The normalized spacial score (nSPS) is 11.2. The minimum atomic E-state index is -4.62. The van der Waals surface area contributed by atoms with Gasteiger partial charge in [0.15, 0.2) is 5.69 Å². The van der Waals surface area contributed by atoms with E-state index >= 15 is 0 Å². The molecular formula is C20H15ClF3N5O3. The number of H-pyrrole nitrogens is 1. The van der Waals surface area contributed by atoms with E-state index in [9.17, 15) is 27.6 Å². The maximum absolute atomic E-state index is 12.9. The fourth-order valence-electron chi connectivity index (χ4n) is 2.77. The lowest BCUT2D eigenvalue weighted by Gasteiger charge is -2.17. The predicted octanol–water partition coefficient (Wildman–Crippen LogP) is 3.71. The first-order valence-corrected chi connectivity index (χ1v) is 9.26. The Balaban J connectivity index is 1.76. The van der Waals surface area contributed by atoms with Crippen LogP contribution in [0, 0.1) is 0 Å². The second-order valence-electron chi connectivity index (χ2n) is 6.55. The summed E-state index contributed by atoms with van der Waals surface area (Å²) in [5.74, 6) is -2.28. The van der Waals surface area contributed by atoms with Gasteiger partial charge in [-0.3, -0.25) is 14.4 Å². The van der Waals surface area contributed by atoms with Crippen LogP contribution in [0.2, 0.25) is 5.02 Å². The number of halogens is 4. The molecule has 12 heteroatoms. The number of primary amides is 1. The van der Waals surface area contributed by atoms with Gasteiger partial charge < -0.3 is 20.9 Å². The summed E-state index contributed by atoms with van der Waals surface area (Å²) in [6.07, 6.45) is -3.46. The van der Waals surface area contributed by atoms with Crippen molar-refractivity contribution in [2.75, 3.05) is 17.3 Å². The zero-order valence-corrected chi connectivity index (χ0v) is 17.1. The maximum atomic E-state index is 12.9. The lowest BCUT2D eigenvalue weighted by molar-refractivity contribution is -0.137. The molecular weight excluding hydrogens is 451 g/mol. The van der Waals surface area contributed by atoms with E-state index in [1.54, 1.807) is 0 Å². The number of aromatic amines is 1. The largest absolute Gasteiger partial charge is 0.416 e. The van der Waals surface area contributed by atoms with Crippen molar-refractivity contribution < 1.29 is 27.6 Å². The van der Waals surface area contributed by atoms with E-state index < -0.39 is 29.5 Å². The van der Waals surface area contributed by atoms with Gasteiger partial charge in [-0.1, -0.05) is 11.6 Å². The number of anilines is 2. The van der Waals surface area contributed by atoms with Crippen LogP contribution in [0.3, 0.4) is 0 Å². The first-order chi connectivity index (χ1) is 15.0. The Bertz CT molecular complexity index is 1190. The predicted molar refractivity (Wildman–Crippen MR) is 111 cm³/mol. The number of nitrogens with two attached hydrogens (primary N) is 1. The lowest BCUT2D eigenvalue weighted by Crippen LogP contribution is -2.29. The Hall–Kier alpha value is -3.86. The van der Waals surface area contributed by atoms with Crippen LogP contribution < -0.4 is 16.0 Å². The molecule has 32 heavy (non-hydrogen) atoms. The van der Waals surface area contributed by atoms with Crippen molar-refractivity contribution in [3.63, 3.8) is 0 Å². The summed E-state index contributed by atoms with van der Waals surface area (Å²) >= 11 is 5.88. The van der Waals surface area contributed by atoms with Gasteiger partial charge in [-0.15, -0.1) is 0 Å². The van der Waals surface area contributed by atoms with Gasteiger partial charge in [-0.05, 0) is 42.5 Å². The average Bonchev–Trinajstić information content (AvgIpc) is 3.23. The Kier molecular flexibility index (Phi) is 6.21. The van der Waals surface area contributed by atoms with Gasteiger partial charge in [0.05, 0.1) is 22.5 Å². The van der Waals surface area contributed by atoms with Crippen molar-refractivity contribution in [1.82, 2.24) is 9.97 Å². The van der Waals surface area contributed by atoms with Crippen LogP contribution in [0.1, 0.15) is 36.9 Å². The second kappa shape index (κ2) is 8.71. The van der Waals surface area contributed by atoms with Crippen molar-refractivity contribution in [2.45, 2.75) is 6.18 Å². The molecule has 0 spiro atoms. The smallest absolute Gasteiger partial charge is 0.364 e. The second-order valence-corrected chi connectivity index (χ2v) is 6.96. The number of hydrogen-bond acceptors (Lipinski definition) is 4. The highest BCUT2D eigenvalue weighted by Crippen LogP contribution is 2.32. The van der Waals surface area contributed by atoms with Gasteiger partial charge in [-0.25, -0.2) is 4.98 Å². The first-order valence-electron chi connectivity index (χ1n) is 8.88. The summed E-state index contributed by atoms with van der Waals surface area (Å²) < 4.78 is 38.7. The monoisotopic (exact) mass is 465 g/mol. The van der Waals surface area contributed by atoms with Crippen LogP contribution in [0.15, 0.2) is 48.8 Å². The summed E-state index contributed by atoms with van der Waals surface area (Å²) in [4.78, 5) is 43.9. The SMILES string of the molecule is CN(C(=O)c1[nH]cnc1C(N)=O)c1ccc(NC(=O)c2cc(C(F)(F)F)ccc2Cl)cc1. The number of carbonyl (C=O) groups excluding carboxylic acids is 3. The van der Waals surface area contributed by atoms with Crippen molar-refractivity contribution in [3.05, 3.63) is 76.3 Å². The van der Waals surface area contributed by atoms with Crippen LogP contribution in [0.25, 0.3) is 0 Å². The summed E-state index contributed by atoms with van der Waals surface area (Å²) in [6, 6.07) is 8.31. The van der Waals surface area contributed by atoms with E-state index in [4.69, 9.17) is 17.3 Å². The number of imidazole rings is 1. The number of carbonyl (C=O) groups is 3. The topological polar surface area (TPSA) is 121 Å². The van der Waals surface area contributed by atoms with E-state index in [-0.39, 0.29) is 27.7 Å². The summed E-state index contributed by atoms with van der Waals surface area (Å²) in [5, 5.41) is 2.32. The van der Waals surface area contributed by atoms with E-state index in [0.717, 1.165) is 12.1 Å². The van der Waals surface area contributed by atoms with Crippen LogP contribution >= 0.6 is 11.6 Å². The number of nitrogens with one attached hydrogen (secondary N) is 2. The molecule has 0 aliphatic heterocycles. The number of hydrogen-bond donors (Lipinski definition) is 3. The van der Waals surface area contributed by atoms with Crippen molar-refractivity contribution in [1.29, 1.82) is 0 Å². The van der Waals surface area contributed by atoms with Gasteiger partial charge in [0, 0.05) is 18.4 Å². The highest BCUT2D eigenvalue weighted by atomic mass is 35.5. The summed E-state index contributed by atoms with van der Waals surface area (Å²) in [6.45, 7) is 0. The molecule has 3 aromatic rings. The molecule has 0 saturated heterocycles. The fraction of sp³-hybridized carbons (Fsp3) is 0.100. The molecule has 166 valence electrons. The van der Waals surface area contributed by atoms with E-state index in [0.29, 0.717) is 11.8 Å². The maximum Gasteiger partial charge on any atom is 0.416 e. The lowest BCUT2D eigenvalue weighted by atomic mass is 10.1. The molecule has 1 aromatic heterocycles. The zero-order valence-electron chi connectivity index (χ0n) is 16.3. The van der Waals surface area contributed by atoms with Gasteiger partial charge >= 0.3 is 6.18 Å². The molecule has 1 heterocycles. The molecule has 0 atom stereocenters. The summed E-state index contributed by atoms with van der Waals surface area (Å²) in [5.41, 5.74) is 4.21. The Morgan fingerprint density at radius 3 is 2.38 bits per heavy atom. The fourth-order valence-corrected chi connectivity index (χ4v) is 2.97. The number of alkyl halides is 3. The van der Waals surface area contributed by atoms with Crippen molar-refractivity contribution >= 4 is 40.7 Å². The van der Waals surface area contributed by atoms with Crippen LogP contribution in [-0.2, 0) is 6.18 Å². The molecule has 0 fully saturated rings. The summed E-state index contributed by atoms with van der Waals surface area (Å²) in [7, 11) is 1.45. The number of nitrogens with zero attached hydrogens (tertiary/aromatic N) is 2. The number of rotatable bonds is 5. The molecule has 0 radical (unpaired) electrons. The molecule has 3 rings (SSSR count).